The third kappa shape index (κ3) is 3.85. The van der Waals surface area contributed by atoms with Crippen molar-refractivity contribution in [2.75, 3.05) is 18.0 Å². The Morgan fingerprint density at radius 1 is 1.20 bits per heavy atom. The summed E-state index contributed by atoms with van der Waals surface area (Å²) in [4.78, 5) is 40.2. The maximum absolute atomic E-state index is 13.9. The van der Waals surface area contributed by atoms with Crippen LogP contribution in [0.4, 0.5) is 10.3 Å². The van der Waals surface area contributed by atoms with Gasteiger partial charge in [-0.3, -0.25) is 14.2 Å². The van der Waals surface area contributed by atoms with Crippen LogP contribution in [0.3, 0.4) is 0 Å². The Balaban J connectivity index is 1.63. The Morgan fingerprint density at radius 3 is 2.77 bits per heavy atom. The van der Waals surface area contributed by atoms with Gasteiger partial charge in [0.15, 0.2) is 5.78 Å². The quantitative estimate of drug-likeness (QED) is 0.619. The number of hydrogen-bond acceptors (Lipinski definition) is 6. The van der Waals surface area contributed by atoms with Gasteiger partial charge in [-0.2, -0.15) is 0 Å². The highest BCUT2D eigenvalue weighted by Gasteiger charge is 2.29. The molecule has 1 aromatic carbocycles. The predicted octanol–water partition coefficient (Wildman–Crippen LogP) is 2.78. The van der Waals surface area contributed by atoms with Crippen LogP contribution in [0.2, 0.25) is 0 Å². The first-order valence-corrected chi connectivity index (χ1v) is 9.84. The van der Waals surface area contributed by atoms with Crippen molar-refractivity contribution in [2.24, 2.45) is 13.0 Å². The van der Waals surface area contributed by atoms with Gasteiger partial charge in [0.05, 0.1) is 11.4 Å². The minimum atomic E-state index is -0.380. The van der Waals surface area contributed by atoms with E-state index in [1.54, 1.807) is 38.4 Å². The van der Waals surface area contributed by atoms with Crippen LogP contribution in [0, 0.1) is 18.7 Å². The number of carbonyl (C=O) groups excluding carboxylic acids is 1. The molecule has 0 N–H and O–H groups in total. The second kappa shape index (κ2) is 8.14. The number of benzene rings is 1. The van der Waals surface area contributed by atoms with Gasteiger partial charge in [0.25, 0.3) is 5.56 Å². The average molecular weight is 407 g/mol. The Morgan fingerprint density at radius 2 is 2.03 bits per heavy atom. The van der Waals surface area contributed by atoms with Gasteiger partial charge < -0.3 is 4.90 Å². The molecule has 1 unspecified atom stereocenters. The van der Waals surface area contributed by atoms with Crippen molar-refractivity contribution in [2.45, 2.75) is 19.8 Å². The summed E-state index contributed by atoms with van der Waals surface area (Å²) in [5, 5.41) is 0. The highest BCUT2D eigenvalue weighted by atomic mass is 19.1. The first-order chi connectivity index (χ1) is 14.4. The van der Waals surface area contributed by atoms with Crippen LogP contribution in [0.1, 0.15) is 28.8 Å². The highest BCUT2D eigenvalue weighted by molar-refractivity contribution is 5.98. The van der Waals surface area contributed by atoms with E-state index in [0.29, 0.717) is 48.0 Å². The molecular formula is C22H22FN5O2. The fourth-order valence-electron chi connectivity index (χ4n) is 3.74. The van der Waals surface area contributed by atoms with Crippen molar-refractivity contribution >= 4 is 11.7 Å². The Bertz CT molecular complexity index is 1150. The van der Waals surface area contributed by atoms with Crippen molar-refractivity contribution in [1.82, 2.24) is 19.5 Å². The standard InChI is InChI=1S/C22H22FN5O2/c1-14-5-6-15(10-17(14)23)21(30)16-4-3-9-28(12-16)22-26-19(11-20(29)27(22)2)18-7-8-24-13-25-18/h5-8,10-11,13,16H,3-4,9,12H2,1-2H3. The smallest absolute Gasteiger partial charge is 0.255 e. The summed E-state index contributed by atoms with van der Waals surface area (Å²) in [7, 11) is 1.66. The molecule has 0 saturated carbocycles. The molecule has 4 rings (SSSR count). The van der Waals surface area contributed by atoms with E-state index >= 15 is 0 Å². The summed E-state index contributed by atoms with van der Waals surface area (Å²) < 4.78 is 15.4. The zero-order chi connectivity index (χ0) is 21.3. The number of aromatic nitrogens is 4. The molecule has 3 heterocycles. The molecule has 1 aliphatic heterocycles. The molecule has 0 spiro atoms. The molecule has 0 radical (unpaired) electrons. The van der Waals surface area contributed by atoms with Gasteiger partial charge in [-0.15, -0.1) is 0 Å². The van der Waals surface area contributed by atoms with E-state index < -0.39 is 0 Å². The molecular weight excluding hydrogens is 385 g/mol. The number of halogens is 1. The molecule has 1 saturated heterocycles. The van der Waals surface area contributed by atoms with Crippen LogP contribution >= 0.6 is 0 Å². The van der Waals surface area contributed by atoms with Gasteiger partial charge in [-0.1, -0.05) is 12.1 Å². The molecule has 7 nitrogen and oxygen atoms in total. The number of nitrogens with zero attached hydrogens (tertiary/aromatic N) is 5. The van der Waals surface area contributed by atoms with Crippen molar-refractivity contribution in [3.63, 3.8) is 0 Å². The number of rotatable bonds is 4. The third-order valence-corrected chi connectivity index (χ3v) is 5.49. The lowest BCUT2D eigenvalue weighted by Crippen LogP contribution is -2.42. The first kappa shape index (κ1) is 19.9. The summed E-state index contributed by atoms with van der Waals surface area (Å²) >= 11 is 0. The second-order valence-corrected chi connectivity index (χ2v) is 7.55. The maximum atomic E-state index is 13.9. The highest BCUT2D eigenvalue weighted by Crippen LogP contribution is 2.25. The normalized spacial score (nSPS) is 16.5. The van der Waals surface area contributed by atoms with Crippen molar-refractivity contribution in [3.8, 4) is 11.4 Å². The molecule has 0 bridgehead atoms. The van der Waals surface area contributed by atoms with Crippen LogP contribution in [0.15, 0.2) is 47.7 Å². The van der Waals surface area contributed by atoms with E-state index in [0.717, 1.165) is 6.42 Å². The van der Waals surface area contributed by atoms with E-state index in [-0.39, 0.29) is 23.1 Å². The first-order valence-electron chi connectivity index (χ1n) is 9.84. The number of hydrogen-bond donors (Lipinski definition) is 0. The van der Waals surface area contributed by atoms with Crippen LogP contribution in [0.5, 0.6) is 0 Å². The van der Waals surface area contributed by atoms with Gasteiger partial charge in [-0.05, 0) is 37.5 Å². The fourth-order valence-corrected chi connectivity index (χ4v) is 3.74. The Hall–Kier alpha value is -3.42. The van der Waals surface area contributed by atoms with Gasteiger partial charge >= 0.3 is 0 Å². The maximum Gasteiger partial charge on any atom is 0.255 e. The Kier molecular flexibility index (Phi) is 5.39. The minimum Gasteiger partial charge on any atom is -0.341 e. The van der Waals surface area contributed by atoms with Crippen LogP contribution < -0.4 is 10.5 Å². The molecule has 8 heteroatoms. The number of anilines is 1. The summed E-state index contributed by atoms with van der Waals surface area (Å²) in [6, 6.07) is 7.73. The van der Waals surface area contributed by atoms with Crippen LogP contribution in [-0.4, -0.2) is 38.4 Å². The molecule has 1 aliphatic rings. The number of carbonyl (C=O) groups is 1. The summed E-state index contributed by atoms with van der Waals surface area (Å²) in [5.41, 5.74) is 1.70. The van der Waals surface area contributed by atoms with E-state index in [9.17, 15) is 14.0 Å². The number of Topliss-reactive ketones (excluding diaryl/α,β-unsaturated/α-hetero) is 1. The van der Waals surface area contributed by atoms with Gasteiger partial charge in [0, 0.05) is 43.9 Å². The molecule has 2 aromatic heterocycles. The molecule has 1 fully saturated rings. The molecule has 3 aromatic rings. The summed E-state index contributed by atoms with van der Waals surface area (Å²) in [5.74, 6) is -0.269. The predicted molar refractivity (Wildman–Crippen MR) is 111 cm³/mol. The van der Waals surface area contributed by atoms with E-state index in [1.807, 2.05) is 4.90 Å². The lowest BCUT2D eigenvalue weighted by Gasteiger charge is -2.33. The van der Waals surface area contributed by atoms with E-state index in [4.69, 9.17) is 0 Å². The van der Waals surface area contributed by atoms with Crippen molar-refractivity contribution in [3.05, 3.63) is 70.2 Å². The lowest BCUT2D eigenvalue weighted by atomic mass is 9.89. The zero-order valence-electron chi connectivity index (χ0n) is 16.9. The van der Waals surface area contributed by atoms with Gasteiger partial charge in [-0.25, -0.2) is 19.3 Å². The fraction of sp³-hybridized carbons (Fsp3) is 0.318. The SMILES string of the molecule is Cc1ccc(C(=O)C2CCCN(c3nc(-c4ccncn4)cc(=O)n3C)C2)cc1F. The molecule has 1 atom stereocenters. The van der Waals surface area contributed by atoms with E-state index in [2.05, 4.69) is 15.0 Å². The topological polar surface area (TPSA) is 81.0 Å². The molecule has 0 aliphatic carbocycles. The molecule has 30 heavy (non-hydrogen) atoms. The van der Waals surface area contributed by atoms with Gasteiger partial charge in [0.2, 0.25) is 5.95 Å². The summed E-state index contributed by atoms with van der Waals surface area (Å²) in [6.07, 6.45) is 4.49. The van der Waals surface area contributed by atoms with Gasteiger partial charge in [0.1, 0.15) is 12.1 Å². The van der Waals surface area contributed by atoms with Crippen LogP contribution in [-0.2, 0) is 7.05 Å². The van der Waals surface area contributed by atoms with Crippen molar-refractivity contribution < 1.29 is 9.18 Å². The van der Waals surface area contributed by atoms with E-state index in [1.165, 1.54) is 23.0 Å². The largest absolute Gasteiger partial charge is 0.341 e. The number of piperidine rings is 1. The lowest BCUT2D eigenvalue weighted by molar-refractivity contribution is 0.0906. The number of aryl methyl sites for hydroxylation is 1. The number of ketones is 1. The van der Waals surface area contributed by atoms with Crippen molar-refractivity contribution in [1.29, 1.82) is 0 Å². The second-order valence-electron chi connectivity index (χ2n) is 7.55. The molecule has 154 valence electrons. The summed E-state index contributed by atoms with van der Waals surface area (Å²) in [6.45, 7) is 2.77. The monoisotopic (exact) mass is 407 g/mol. The zero-order valence-corrected chi connectivity index (χ0v) is 16.9. The molecule has 0 amide bonds. The minimum absolute atomic E-state index is 0.0874. The average Bonchev–Trinajstić information content (AvgIpc) is 2.77. The third-order valence-electron chi connectivity index (χ3n) is 5.49. The Labute approximate surface area is 173 Å². The van der Waals surface area contributed by atoms with Crippen LogP contribution in [0.25, 0.3) is 11.4 Å².